The van der Waals surface area contributed by atoms with E-state index in [0.717, 1.165) is 0 Å². The number of benzene rings is 1. The number of rotatable bonds is 5. The number of hydrogen-bond acceptors (Lipinski definition) is 5. The zero-order chi connectivity index (χ0) is 13.6. The summed E-state index contributed by atoms with van der Waals surface area (Å²) >= 11 is 0. The highest BCUT2D eigenvalue weighted by Crippen LogP contribution is 2.15. The maximum atomic E-state index is 11.6. The summed E-state index contributed by atoms with van der Waals surface area (Å²) < 4.78 is 31.6. The Kier molecular flexibility index (Phi) is 4.93. The molecule has 1 aromatic carbocycles. The minimum atomic E-state index is -4.02. The van der Waals surface area contributed by atoms with Crippen molar-refractivity contribution < 1.29 is 17.9 Å². The first-order chi connectivity index (χ1) is 8.48. The highest BCUT2D eigenvalue weighted by Gasteiger charge is 2.16. The molecule has 0 aromatic heterocycles. The van der Waals surface area contributed by atoms with E-state index in [4.69, 9.17) is 5.73 Å². The van der Waals surface area contributed by atoms with Gasteiger partial charge in [0.15, 0.2) is 0 Å². The number of anilines is 1. The van der Waals surface area contributed by atoms with Gasteiger partial charge >= 0.3 is 16.3 Å². The molecule has 0 fully saturated rings. The molecular formula is C10H15N3O4S. The average molecular weight is 273 g/mol. The lowest BCUT2D eigenvalue weighted by atomic mass is 10.2. The lowest BCUT2D eigenvalue weighted by Gasteiger charge is -2.11. The normalized spacial score (nSPS) is 10.8. The molecule has 0 unspecified atom stereocenters. The molecule has 4 N–H and O–H groups in total. The van der Waals surface area contributed by atoms with Crippen LogP contribution in [0.1, 0.15) is 12.5 Å². The highest BCUT2D eigenvalue weighted by molar-refractivity contribution is 7.91. The van der Waals surface area contributed by atoms with Crippen LogP contribution in [0.5, 0.6) is 0 Å². The van der Waals surface area contributed by atoms with Crippen molar-refractivity contribution in [3.8, 4) is 0 Å². The van der Waals surface area contributed by atoms with Gasteiger partial charge in [0.2, 0.25) is 0 Å². The number of amides is 1. The summed E-state index contributed by atoms with van der Waals surface area (Å²) in [6.07, 6.45) is -1.03. The van der Waals surface area contributed by atoms with E-state index in [0.29, 0.717) is 11.3 Å². The summed E-state index contributed by atoms with van der Waals surface area (Å²) in [5, 5.41) is 0. The van der Waals surface area contributed by atoms with Gasteiger partial charge in [0.25, 0.3) is 0 Å². The molecule has 0 spiro atoms. The number of carbonyl (C=O) groups is 1. The van der Waals surface area contributed by atoms with Gasteiger partial charge in [0.05, 0.1) is 12.3 Å². The maximum Gasteiger partial charge on any atom is 0.422 e. The van der Waals surface area contributed by atoms with Crippen LogP contribution in [0.3, 0.4) is 0 Å². The fourth-order valence-electron chi connectivity index (χ4n) is 1.24. The van der Waals surface area contributed by atoms with Crippen LogP contribution in [0.15, 0.2) is 24.3 Å². The van der Waals surface area contributed by atoms with E-state index in [2.05, 4.69) is 9.46 Å². The molecule has 7 nitrogen and oxygen atoms in total. The lowest BCUT2D eigenvalue weighted by molar-refractivity contribution is 0.159. The van der Waals surface area contributed by atoms with Crippen molar-refractivity contribution in [1.82, 2.24) is 4.72 Å². The van der Waals surface area contributed by atoms with Gasteiger partial charge in [-0.25, -0.2) is 9.52 Å². The number of nitrogens with two attached hydrogens (primary N) is 1. The van der Waals surface area contributed by atoms with Gasteiger partial charge in [0.1, 0.15) is 0 Å². The molecule has 100 valence electrons. The van der Waals surface area contributed by atoms with E-state index in [1.165, 1.54) is 0 Å². The molecule has 0 heterocycles. The maximum absolute atomic E-state index is 11.6. The van der Waals surface area contributed by atoms with Crippen LogP contribution < -0.4 is 15.2 Å². The number of ether oxygens (including phenoxy) is 1. The minimum absolute atomic E-state index is 0.0841. The summed E-state index contributed by atoms with van der Waals surface area (Å²) in [6, 6.07) is 6.62. The zero-order valence-corrected chi connectivity index (χ0v) is 10.7. The Hall–Kier alpha value is -1.80. The Morgan fingerprint density at radius 2 is 2.06 bits per heavy atom. The molecule has 0 aliphatic rings. The summed E-state index contributed by atoms with van der Waals surface area (Å²) in [4.78, 5) is 11.0. The van der Waals surface area contributed by atoms with Crippen LogP contribution in [-0.2, 0) is 21.5 Å². The van der Waals surface area contributed by atoms with Gasteiger partial charge in [-0.1, -0.05) is 18.2 Å². The Bertz CT molecular complexity index is 516. The molecule has 0 aliphatic carbocycles. The predicted molar refractivity (Wildman–Crippen MR) is 67.0 cm³/mol. The Balaban J connectivity index is 2.79. The summed E-state index contributed by atoms with van der Waals surface area (Å²) in [5.74, 6) is 0. The van der Waals surface area contributed by atoms with E-state index in [1.54, 1.807) is 35.9 Å². The molecule has 0 atom stereocenters. The summed E-state index contributed by atoms with van der Waals surface area (Å²) in [7, 11) is -4.02. The summed E-state index contributed by atoms with van der Waals surface area (Å²) in [6.45, 7) is 1.84. The van der Waals surface area contributed by atoms with Crippen molar-refractivity contribution in [2.75, 3.05) is 11.3 Å². The van der Waals surface area contributed by atoms with Crippen LogP contribution in [0.2, 0.25) is 0 Å². The molecule has 0 radical (unpaired) electrons. The fourth-order valence-corrected chi connectivity index (χ4v) is 2.06. The largest absolute Gasteiger partial charge is 0.449 e. The van der Waals surface area contributed by atoms with Gasteiger partial charge in [0, 0.05) is 6.54 Å². The van der Waals surface area contributed by atoms with E-state index in [-0.39, 0.29) is 13.2 Å². The van der Waals surface area contributed by atoms with Crippen molar-refractivity contribution >= 4 is 22.0 Å². The quantitative estimate of drug-likeness (QED) is 0.725. The Labute approximate surface area is 106 Å². The van der Waals surface area contributed by atoms with Gasteiger partial charge in [-0.2, -0.15) is 8.42 Å². The minimum Gasteiger partial charge on any atom is -0.449 e. The first-order valence-electron chi connectivity index (χ1n) is 5.23. The topological polar surface area (TPSA) is 111 Å². The first kappa shape index (κ1) is 14.3. The third kappa shape index (κ3) is 4.22. The second-order valence-corrected chi connectivity index (χ2v) is 4.70. The Morgan fingerprint density at radius 1 is 1.39 bits per heavy atom. The molecular weight excluding hydrogens is 258 g/mol. The molecule has 18 heavy (non-hydrogen) atoms. The molecule has 1 aromatic rings. The van der Waals surface area contributed by atoms with Crippen molar-refractivity contribution in [2.45, 2.75) is 13.5 Å². The molecule has 0 aliphatic heterocycles. The van der Waals surface area contributed by atoms with E-state index >= 15 is 0 Å². The highest BCUT2D eigenvalue weighted by atomic mass is 32.2. The van der Waals surface area contributed by atoms with Gasteiger partial charge in [-0.15, -0.1) is 0 Å². The van der Waals surface area contributed by atoms with Crippen LogP contribution in [0.25, 0.3) is 0 Å². The predicted octanol–water partition coefficient (Wildman–Crippen LogP) is 0.548. The van der Waals surface area contributed by atoms with Crippen molar-refractivity contribution in [2.24, 2.45) is 5.73 Å². The van der Waals surface area contributed by atoms with E-state index in [1.807, 2.05) is 0 Å². The monoisotopic (exact) mass is 273 g/mol. The zero-order valence-electron chi connectivity index (χ0n) is 9.84. The first-order valence-corrected chi connectivity index (χ1v) is 6.72. The third-order valence-electron chi connectivity index (χ3n) is 1.97. The van der Waals surface area contributed by atoms with Crippen LogP contribution in [0.4, 0.5) is 10.5 Å². The van der Waals surface area contributed by atoms with Crippen LogP contribution in [0, 0.1) is 0 Å². The molecule has 1 rings (SSSR count). The van der Waals surface area contributed by atoms with E-state index in [9.17, 15) is 13.2 Å². The molecule has 1 amide bonds. The molecule has 0 saturated carbocycles. The summed E-state index contributed by atoms with van der Waals surface area (Å²) in [5.41, 5.74) is 6.41. The molecule has 8 heteroatoms. The number of para-hydroxylation sites is 1. The second kappa shape index (κ2) is 6.22. The van der Waals surface area contributed by atoms with Gasteiger partial charge in [-0.3, -0.25) is 4.72 Å². The number of hydrogen-bond donors (Lipinski definition) is 3. The standard InChI is InChI=1S/C10H15N3O4S/c1-2-17-10(14)13-18(15,16)12-9-6-4-3-5-8(9)7-11/h3-6,12H,2,7,11H2,1H3,(H,13,14). The molecule has 0 bridgehead atoms. The number of nitrogens with one attached hydrogen (secondary N) is 2. The van der Waals surface area contributed by atoms with Crippen molar-refractivity contribution in [1.29, 1.82) is 0 Å². The smallest absolute Gasteiger partial charge is 0.422 e. The van der Waals surface area contributed by atoms with Crippen molar-refractivity contribution in [3.63, 3.8) is 0 Å². The van der Waals surface area contributed by atoms with Crippen LogP contribution >= 0.6 is 0 Å². The SMILES string of the molecule is CCOC(=O)NS(=O)(=O)Nc1ccccc1CN. The average Bonchev–Trinajstić information content (AvgIpc) is 2.28. The number of carbonyl (C=O) groups excluding carboxylic acids is 1. The molecule has 0 saturated heterocycles. The third-order valence-corrected chi connectivity index (χ3v) is 2.90. The van der Waals surface area contributed by atoms with Gasteiger partial charge < -0.3 is 10.5 Å². The Morgan fingerprint density at radius 3 is 2.67 bits per heavy atom. The lowest BCUT2D eigenvalue weighted by Crippen LogP contribution is -2.36. The van der Waals surface area contributed by atoms with Gasteiger partial charge in [-0.05, 0) is 18.6 Å². The van der Waals surface area contributed by atoms with Crippen molar-refractivity contribution in [3.05, 3.63) is 29.8 Å². The van der Waals surface area contributed by atoms with Crippen LogP contribution in [-0.4, -0.2) is 21.1 Å². The second-order valence-electron chi connectivity index (χ2n) is 3.29. The fraction of sp³-hybridized carbons (Fsp3) is 0.300. The van der Waals surface area contributed by atoms with E-state index < -0.39 is 16.3 Å².